The van der Waals surface area contributed by atoms with Gasteiger partial charge in [0.2, 0.25) is 0 Å². The normalized spacial score (nSPS) is 11.4. The third-order valence-corrected chi connectivity index (χ3v) is 2.50. The van der Waals surface area contributed by atoms with Crippen molar-refractivity contribution < 1.29 is 4.79 Å². The highest BCUT2D eigenvalue weighted by Crippen LogP contribution is 2.15. The smallest absolute Gasteiger partial charge is 0.269 e. The molecule has 0 fully saturated rings. The number of carbonyl (C=O) groups is 1. The van der Waals surface area contributed by atoms with Gasteiger partial charge < -0.3 is 4.90 Å². The number of nitrogens with zero attached hydrogens (tertiary/aromatic N) is 3. The Morgan fingerprint density at radius 2 is 2.00 bits per heavy atom. The van der Waals surface area contributed by atoms with Crippen LogP contribution in [0.1, 0.15) is 20.8 Å². The van der Waals surface area contributed by atoms with E-state index in [0.29, 0.717) is 0 Å². The molecule has 0 amide bonds. The van der Waals surface area contributed by atoms with Crippen LogP contribution in [0, 0.1) is 5.41 Å². The van der Waals surface area contributed by atoms with Crippen LogP contribution >= 0.6 is 0 Å². The zero-order valence-electron chi connectivity index (χ0n) is 11.0. The maximum atomic E-state index is 11.8. The fraction of sp³-hybridized carbons (Fsp3) is 0.583. The fourth-order valence-corrected chi connectivity index (χ4v) is 1.16. The van der Waals surface area contributed by atoms with E-state index in [-0.39, 0.29) is 17.9 Å². The summed E-state index contributed by atoms with van der Waals surface area (Å²) >= 11 is 0. The van der Waals surface area contributed by atoms with Gasteiger partial charge in [0.25, 0.3) is 5.56 Å². The van der Waals surface area contributed by atoms with Crippen LogP contribution in [0.5, 0.6) is 0 Å². The quantitative estimate of drug-likeness (QED) is 0.784. The van der Waals surface area contributed by atoms with Gasteiger partial charge >= 0.3 is 0 Å². The van der Waals surface area contributed by atoms with E-state index in [1.54, 1.807) is 11.1 Å². The first kappa shape index (κ1) is 13.4. The van der Waals surface area contributed by atoms with Crippen LogP contribution in [0.2, 0.25) is 0 Å². The van der Waals surface area contributed by atoms with Crippen molar-refractivity contribution in [1.82, 2.24) is 9.78 Å². The Morgan fingerprint density at radius 1 is 1.41 bits per heavy atom. The summed E-state index contributed by atoms with van der Waals surface area (Å²) in [5.41, 5.74) is 0.0182. The number of rotatable bonds is 3. The monoisotopic (exact) mass is 237 g/mol. The Kier molecular flexibility index (Phi) is 3.70. The van der Waals surface area contributed by atoms with Gasteiger partial charge in [-0.15, -0.1) is 0 Å². The molecule has 1 aromatic heterocycles. The van der Waals surface area contributed by atoms with Gasteiger partial charge in [0, 0.05) is 25.6 Å². The van der Waals surface area contributed by atoms with Gasteiger partial charge in [-0.3, -0.25) is 9.59 Å². The highest BCUT2D eigenvalue weighted by molar-refractivity contribution is 5.83. The maximum absolute atomic E-state index is 11.8. The summed E-state index contributed by atoms with van der Waals surface area (Å²) in [7, 11) is 3.67. The number of ketones is 1. The van der Waals surface area contributed by atoms with E-state index < -0.39 is 5.41 Å². The molecule has 0 unspecified atom stereocenters. The molecule has 1 aromatic rings. The number of Topliss-reactive ketones (excluding diaryl/α,β-unsaturated/α-hetero) is 1. The van der Waals surface area contributed by atoms with Crippen molar-refractivity contribution in [3.63, 3.8) is 0 Å². The SMILES string of the molecule is CN(C)c1cnn(CC(=O)C(C)(C)C)c(=O)c1. The summed E-state index contributed by atoms with van der Waals surface area (Å²) in [5.74, 6) is -0.00953. The minimum absolute atomic E-state index is 0.00953. The number of carbonyl (C=O) groups excluding carboxylic acids is 1. The highest BCUT2D eigenvalue weighted by atomic mass is 16.1. The lowest BCUT2D eigenvalue weighted by molar-refractivity contribution is -0.127. The molecular weight excluding hydrogens is 218 g/mol. The molecule has 0 aliphatic rings. The van der Waals surface area contributed by atoms with Crippen molar-refractivity contribution in [2.75, 3.05) is 19.0 Å². The van der Waals surface area contributed by atoms with Crippen LogP contribution in [-0.4, -0.2) is 29.7 Å². The molecule has 17 heavy (non-hydrogen) atoms. The number of aromatic nitrogens is 2. The first-order chi connectivity index (χ1) is 7.71. The molecule has 5 heteroatoms. The predicted molar refractivity (Wildman–Crippen MR) is 67.3 cm³/mol. The van der Waals surface area contributed by atoms with Crippen molar-refractivity contribution in [2.24, 2.45) is 5.41 Å². The number of hydrogen-bond acceptors (Lipinski definition) is 4. The van der Waals surface area contributed by atoms with Crippen molar-refractivity contribution in [1.29, 1.82) is 0 Å². The Labute approximate surface area is 101 Å². The lowest BCUT2D eigenvalue weighted by atomic mass is 9.91. The van der Waals surface area contributed by atoms with Gasteiger partial charge in [-0.25, -0.2) is 4.68 Å². The third-order valence-electron chi connectivity index (χ3n) is 2.50. The Morgan fingerprint density at radius 3 is 2.41 bits per heavy atom. The number of anilines is 1. The Hall–Kier alpha value is -1.65. The molecule has 0 saturated carbocycles. The fourth-order valence-electron chi connectivity index (χ4n) is 1.16. The zero-order valence-corrected chi connectivity index (χ0v) is 11.0. The van der Waals surface area contributed by atoms with E-state index in [1.165, 1.54) is 10.7 Å². The van der Waals surface area contributed by atoms with Crippen molar-refractivity contribution in [2.45, 2.75) is 27.3 Å². The molecule has 0 atom stereocenters. The van der Waals surface area contributed by atoms with Gasteiger partial charge in [0.15, 0.2) is 5.78 Å². The van der Waals surface area contributed by atoms with Crippen LogP contribution in [0.15, 0.2) is 17.1 Å². The summed E-state index contributed by atoms with van der Waals surface area (Å²) in [6.07, 6.45) is 1.58. The van der Waals surface area contributed by atoms with Crippen LogP contribution in [0.25, 0.3) is 0 Å². The highest BCUT2D eigenvalue weighted by Gasteiger charge is 2.22. The molecule has 0 aliphatic heterocycles. The molecule has 0 aliphatic carbocycles. The van der Waals surface area contributed by atoms with Gasteiger partial charge in [0.05, 0.1) is 11.9 Å². The second-order valence-corrected chi connectivity index (χ2v) is 5.28. The zero-order chi connectivity index (χ0) is 13.2. The molecule has 0 radical (unpaired) electrons. The molecule has 5 nitrogen and oxygen atoms in total. The van der Waals surface area contributed by atoms with E-state index in [2.05, 4.69) is 5.10 Å². The van der Waals surface area contributed by atoms with Crippen molar-refractivity contribution in [3.8, 4) is 0 Å². The van der Waals surface area contributed by atoms with Crippen LogP contribution in [-0.2, 0) is 11.3 Å². The molecular formula is C12H19N3O2. The summed E-state index contributed by atoms with van der Waals surface area (Å²) in [6.45, 7) is 5.51. The maximum Gasteiger partial charge on any atom is 0.269 e. The summed E-state index contributed by atoms with van der Waals surface area (Å²) < 4.78 is 1.20. The van der Waals surface area contributed by atoms with Crippen LogP contribution in [0.4, 0.5) is 5.69 Å². The molecule has 0 bridgehead atoms. The molecule has 0 N–H and O–H groups in total. The van der Waals surface area contributed by atoms with Gasteiger partial charge in [-0.2, -0.15) is 5.10 Å². The largest absolute Gasteiger partial charge is 0.376 e. The minimum atomic E-state index is -0.457. The summed E-state index contributed by atoms with van der Waals surface area (Å²) in [6, 6.07) is 1.48. The topological polar surface area (TPSA) is 55.2 Å². The van der Waals surface area contributed by atoms with E-state index in [0.717, 1.165) is 5.69 Å². The Bertz CT molecular complexity index is 469. The van der Waals surface area contributed by atoms with Gasteiger partial charge in [0.1, 0.15) is 6.54 Å². The molecule has 94 valence electrons. The molecule has 0 saturated heterocycles. The number of hydrogen-bond donors (Lipinski definition) is 0. The average Bonchev–Trinajstić information content (AvgIpc) is 2.19. The predicted octanol–water partition coefficient (Wildman–Crippen LogP) is 0.924. The van der Waals surface area contributed by atoms with Crippen molar-refractivity contribution >= 4 is 11.5 Å². The standard InChI is InChI=1S/C12H19N3O2/c1-12(2,3)10(16)8-15-11(17)6-9(7-13-15)14(4)5/h6-7H,8H2,1-5H3. The summed E-state index contributed by atoms with van der Waals surface area (Å²) in [5, 5.41) is 3.99. The van der Waals surface area contributed by atoms with Crippen LogP contribution < -0.4 is 10.5 Å². The minimum Gasteiger partial charge on any atom is -0.376 e. The molecule has 0 aromatic carbocycles. The van der Waals surface area contributed by atoms with E-state index >= 15 is 0 Å². The first-order valence-corrected chi connectivity index (χ1v) is 5.49. The van der Waals surface area contributed by atoms with E-state index in [9.17, 15) is 9.59 Å². The summed E-state index contributed by atoms with van der Waals surface area (Å²) in [4.78, 5) is 25.3. The van der Waals surface area contributed by atoms with Crippen LogP contribution in [0.3, 0.4) is 0 Å². The Balaban J connectivity index is 2.95. The third kappa shape index (κ3) is 3.41. The van der Waals surface area contributed by atoms with E-state index in [4.69, 9.17) is 0 Å². The molecule has 1 heterocycles. The van der Waals surface area contributed by atoms with E-state index in [1.807, 2.05) is 34.9 Å². The second kappa shape index (κ2) is 4.69. The average molecular weight is 237 g/mol. The molecule has 0 spiro atoms. The lowest BCUT2D eigenvalue weighted by Gasteiger charge is -2.17. The first-order valence-electron chi connectivity index (χ1n) is 5.49. The molecule has 1 rings (SSSR count). The van der Waals surface area contributed by atoms with Gasteiger partial charge in [-0.05, 0) is 0 Å². The lowest BCUT2D eigenvalue weighted by Crippen LogP contribution is -2.32. The van der Waals surface area contributed by atoms with Gasteiger partial charge in [-0.1, -0.05) is 20.8 Å². The van der Waals surface area contributed by atoms with Crippen molar-refractivity contribution in [3.05, 3.63) is 22.6 Å². The second-order valence-electron chi connectivity index (χ2n) is 5.28.